The second kappa shape index (κ2) is 7.61. The molecule has 2 aliphatic rings. The average molecular weight is 336 g/mol. The highest BCUT2D eigenvalue weighted by molar-refractivity contribution is 5.82. The van der Waals surface area contributed by atoms with Gasteiger partial charge >= 0.3 is 0 Å². The molecule has 3 rings (SSSR count). The van der Waals surface area contributed by atoms with Crippen LogP contribution in [0.3, 0.4) is 0 Å². The Balaban J connectivity index is 1.55. The van der Waals surface area contributed by atoms with E-state index >= 15 is 0 Å². The first-order chi connectivity index (χ1) is 11.6. The summed E-state index contributed by atoms with van der Waals surface area (Å²) in [5.74, 6) is 1.74. The lowest BCUT2D eigenvalue weighted by molar-refractivity contribution is -0.132. The number of aromatic nitrogens is 2. The van der Waals surface area contributed by atoms with Crippen molar-refractivity contribution in [1.82, 2.24) is 20.4 Å². The van der Waals surface area contributed by atoms with Crippen LogP contribution in [0.15, 0.2) is 4.52 Å². The first-order valence-electron chi connectivity index (χ1n) is 9.03. The Bertz CT molecular complexity index is 548. The van der Waals surface area contributed by atoms with Gasteiger partial charge in [-0.2, -0.15) is 4.98 Å². The molecule has 2 heterocycles. The summed E-state index contributed by atoms with van der Waals surface area (Å²) in [6.07, 6.45) is 5.75. The van der Waals surface area contributed by atoms with Crippen LogP contribution < -0.4 is 5.32 Å². The maximum absolute atomic E-state index is 12.7. The number of rotatable bonds is 6. The molecule has 0 aromatic carbocycles. The quantitative estimate of drug-likeness (QED) is 0.856. The normalized spacial score (nSPS) is 27.7. The van der Waals surface area contributed by atoms with Gasteiger partial charge in [-0.05, 0) is 39.0 Å². The van der Waals surface area contributed by atoms with Crippen molar-refractivity contribution in [3.63, 3.8) is 0 Å². The van der Waals surface area contributed by atoms with Crippen LogP contribution in [0.1, 0.15) is 63.8 Å². The molecule has 1 aliphatic carbocycles. The first-order valence-corrected chi connectivity index (χ1v) is 9.03. The van der Waals surface area contributed by atoms with Crippen LogP contribution in [0.5, 0.6) is 0 Å². The van der Waals surface area contributed by atoms with Crippen molar-refractivity contribution in [2.24, 2.45) is 5.92 Å². The number of hydrogen-bond acceptors (Lipinski definition) is 6. The summed E-state index contributed by atoms with van der Waals surface area (Å²) in [4.78, 5) is 18.7. The third-order valence-corrected chi connectivity index (χ3v) is 5.17. The molecule has 0 radical (unpaired) electrons. The predicted octanol–water partition coefficient (Wildman–Crippen LogP) is 2.05. The maximum Gasteiger partial charge on any atom is 0.246 e. The highest BCUT2D eigenvalue weighted by Gasteiger charge is 2.39. The van der Waals surface area contributed by atoms with Crippen molar-refractivity contribution in [2.45, 2.75) is 70.7 Å². The summed E-state index contributed by atoms with van der Waals surface area (Å²) in [5, 5.41) is 7.46. The highest BCUT2D eigenvalue weighted by Crippen LogP contribution is 2.33. The maximum atomic E-state index is 12.7. The van der Waals surface area contributed by atoms with Crippen molar-refractivity contribution in [3.8, 4) is 0 Å². The second-order valence-corrected chi connectivity index (χ2v) is 6.94. The van der Waals surface area contributed by atoms with Gasteiger partial charge in [0.05, 0.1) is 12.6 Å². The van der Waals surface area contributed by atoms with Crippen LogP contribution in [0.2, 0.25) is 0 Å². The van der Waals surface area contributed by atoms with E-state index in [1.807, 2.05) is 13.8 Å². The Hall–Kier alpha value is -1.47. The van der Waals surface area contributed by atoms with E-state index in [-0.39, 0.29) is 18.1 Å². The van der Waals surface area contributed by atoms with E-state index in [0.29, 0.717) is 36.8 Å². The lowest BCUT2D eigenvalue weighted by atomic mass is 9.85. The number of amides is 1. The molecule has 0 spiro atoms. The molecule has 1 N–H and O–H groups in total. The van der Waals surface area contributed by atoms with Crippen LogP contribution in [-0.2, 0) is 16.1 Å². The molecule has 4 atom stereocenters. The minimum atomic E-state index is -0.201. The molecule has 2 fully saturated rings. The minimum Gasteiger partial charge on any atom is -0.371 e. The van der Waals surface area contributed by atoms with Crippen molar-refractivity contribution < 1.29 is 14.1 Å². The second-order valence-electron chi connectivity index (χ2n) is 6.94. The minimum absolute atomic E-state index is 0.0761. The largest absolute Gasteiger partial charge is 0.371 e. The van der Waals surface area contributed by atoms with E-state index in [1.165, 1.54) is 25.7 Å². The summed E-state index contributed by atoms with van der Waals surface area (Å²) in [6, 6.07) is 0.441. The van der Waals surface area contributed by atoms with Gasteiger partial charge in [-0.15, -0.1) is 0 Å². The SMILES string of the molecule is CCOC(C)c1noc(CN(C)C(=O)C2CC3CCCCC3N2)n1. The number of hydrogen-bond donors (Lipinski definition) is 1. The van der Waals surface area contributed by atoms with Crippen LogP contribution in [0.25, 0.3) is 0 Å². The zero-order chi connectivity index (χ0) is 17.1. The third-order valence-electron chi connectivity index (χ3n) is 5.17. The summed E-state index contributed by atoms with van der Waals surface area (Å²) >= 11 is 0. The van der Waals surface area contributed by atoms with Crippen molar-refractivity contribution in [3.05, 3.63) is 11.7 Å². The molecular weight excluding hydrogens is 308 g/mol. The van der Waals surface area contributed by atoms with E-state index < -0.39 is 0 Å². The van der Waals surface area contributed by atoms with Crippen molar-refractivity contribution in [1.29, 1.82) is 0 Å². The Morgan fingerprint density at radius 3 is 3.00 bits per heavy atom. The Morgan fingerprint density at radius 1 is 1.46 bits per heavy atom. The third kappa shape index (κ3) is 3.78. The first kappa shape index (κ1) is 17.4. The van der Waals surface area contributed by atoms with Gasteiger partial charge in [0.15, 0.2) is 5.82 Å². The van der Waals surface area contributed by atoms with E-state index in [4.69, 9.17) is 9.26 Å². The van der Waals surface area contributed by atoms with Crippen molar-refractivity contribution in [2.75, 3.05) is 13.7 Å². The molecular formula is C17H28N4O3. The molecule has 1 aromatic heterocycles. The van der Waals surface area contributed by atoms with Crippen LogP contribution >= 0.6 is 0 Å². The number of fused-ring (bicyclic) bond motifs is 1. The molecule has 1 aromatic rings. The molecule has 4 unspecified atom stereocenters. The summed E-state index contributed by atoms with van der Waals surface area (Å²) in [7, 11) is 1.79. The molecule has 7 nitrogen and oxygen atoms in total. The zero-order valence-corrected chi connectivity index (χ0v) is 14.8. The van der Waals surface area contributed by atoms with Gasteiger partial charge in [-0.25, -0.2) is 0 Å². The smallest absolute Gasteiger partial charge is 0.246 e. The van der Waals surface area contributed by atoms with Gasteiger partial charge in [-0.1, -0.05) is 18.0 Å². The number of nitrogens with one attached hydrogen (secondary N) is 1. The van der Waals surface area contributed by atoms with E-state index in [0.717, 1.165) is 6.42 Å². The van der Waals surface area contributed by atoms with Gasteiger partial charge < -0.3 is 19.5 Å². The zero-order valence-electron chi connectivity index (χ0n) is 14.8. The van der Waals surface area contributed by atoms with E-state index in [2.05, 4.69) is 15.5 Å². The molecule has 1 amide bonds. The van der Waals surface area contributed by atoms with Gasteiger partial charge in [-0.3, -0.25) is 4.79 Å². The Kier molecular flexibility index (Phi) is 5.50. The molecule has 7 heteroatoms. The number of carbonyl (C=O) groups is 1. The lowest BCUT2D eigenvalue weighted by Crippen LogP contribution is -2.43. The number of ether oxygens (including phenoxy) is 1. The summed E-state index contributed by atoms with van der Waals surface area (Å²) < 4.78 is 10.7. The van der Waals surface area contributed by atoms with Crippen LogP contribution in [-0.4, -0.2) is 46.7 Å². The van der Waals surface area contributed by atoms with Gasteiger partial charge in [0, 0.05) is 19.7 Å². The van der Waals surface area contributed by atoms with Crippen molar-refractivity contribution >= 4 is 5.91 Å². The fourth-order valence-electron chi connectivity index (χ4n) is 3.88. The number of likely N-dealkylation sites (N-methyl/N-ethyl adjacent to an activating group) is 1. The Morgan fingerprint density at radius 2 is 2.25 bits per heavy atom. The van der Waals surface area contributed by atoms with E-state index in [1.54, 1.807) is 11.9 Å². The lowest BCUT2D eigenvalue weighted by Gasteiger charge is -2.24. The molecule has 1 aliphatic heterocycles. The standard InChI is InChI=1S/C17H28N4O3/c1-4-23-11(2)16-19-15(24-20-16)10-21(3)17(22)14-9-12-7-5-6-8-13(12)18-14/h11-14,18H,4-10H2,1-3H3. The van der Waals surface area contributed by atoms with Gasteiger partial charge in [0.2, 0.25) is 11.8 Å². The van der Waals surface area contributed by atoms with Gasteiger partial charge in [0.25, 0.3) is 0 Å². The number of nitrogens with zero attached hydrogens (tertiary/aromatic N) is 3. The molecule has 24 heavy (non-hydrogen) atoms. The molecule has 1 saturated carbocycles. The number of carbonyl (C=O) groups excluding carboxylic acids is 1. The summed E-state index contributed by atoms with van der Waals surface area (Å²) in [6.45, 7) is 4.74. The fourth-order valence-corrected chi connectivity index (χ4v) is 3.88. The summed E-state index contributed by atoms with van der Waals surface area (Å²) in [5.41, 5.74) is 0. The molecule has 1 saturated heterocycles. The topological polar surface area (TPSA) is 80.5 Å². The molecule has 134 valence electrons. The monoisotopic (exact) mass is 336 g/mol. The average Bonchev–Trinajstić information content (AvgIpc) is 3.20. The fraction of sp³-hybridized carbons (Fsp3) is 0.824. The highest BCUT2D eigenvalue weighted by atomic mass is 16.5. The van der Waals surface area contributed by atoms with Crippen LogP contribution in [0, 0.1) is 5.92 Å². The van der Waals surface area contributed by atoms with Gasteiger partial charge in [0.1, 0.15) is 6.10 Å². The Labute approximate surface area is 143 Å². The van der Waals surface area contributed by atoms with E-state index in [9.17, 15) is 4.79 Å². The van der Waals surface area contributed by atoms with Crippen LogP contribution in [0.4, 0.5) is 0 Å². The predicted molar refractivity (Wildman–Crippen MR) is 88.1 cm³/mol. The molecule has 0 bridgehead atoms.